The maximum absolute atomic E-state index is 12.4. The van der Waals surface area contributed by atoms with E-state index in [2.05, 4.69) is 10.6 Å². The lowest BCUT2D eigenvalue weighted by Crippen LogP contribution is -2.30. The number of hydrogen-bond acceptors (Lipinski definition) is 4. The summed E-state index contributed by atoms with van der Waals surface area (Å²) in [5.41, 5.74) is 2.64. The Labute approximate surface area is 145 Å². The van der Waals surface area contributed by atoms with Crippen LogP contribution >= 0.6 is 0 Å². The van der Waals surface area contributed by atoms with Crippen LogP contribution in [0.15, 0.2) is 28.7 Å². The largest absolute Gasteiger partial charge is 0.480 e. The summed E-state index contributed by atoms with van der Waals surface area (Å²) in [5, 5.41) is 13.6. The van der Waals surface area contributed by atoms with Gasteiger partial charge < -0.3 is 20.2 Å². The number of carboxylic acid groups (broad SMARTS) is 1. The van der Waals surface area contributed by atoms with E-state index in [1.165, 1.54) is 0 Å². The minimum Gasteiger partial charge on any atom is -0.480 e. The second kappa shape index (κ2) is 7.65. The molecule has 0 saturated carbocycles. The monoisotopic (exact) mass is 344 g/mol. The molecule has 1 aromatic carbocycles. The molecule has 7 nitrogen and oxygen atoms in total. The Bertz CT molecular complexity index is 806. The van der Waals surface area contributed by atoms with Crippen molar-refractivity contribution in [1.82, 2.24) is 5.32 Å². The summed E-state index contributed by atoms with van der Waals surface area (Å²) in [5.74, 6) is -0.436. The van der Waals surface area contributed by atoms with Gasteiger partial charge in [0.1, 0.15) is 18.1 Å². The molecule has 3 N–H and O–H groups in total. The van der Waals surface area contributed by atoms with Crippen LogP contribution in [0.1, 0.15) is 33.0 Å². The van der Waals surface area contributed by atoms with Gasteiger partial charge in [0.2, 0.25) is 5.91 Å². The zero-order chi connectivity index (χ0) is 18.6. The highest BCUT2D eigenvalue weighted by Gasteiger charge is 2.18. The summed E-state index contributed by atoms with van der Waals surface area (Å²) >= 11 is 0. The van der Waals surface area contributed by atoms with Gasteiger partial charge >= 0.3 is 5.97 Å². The molecule has 0 radical (unpaired) electrons. The van der Waals surface area contributed by atoms with Gasteiger partial charge in [-0.15, -0.1) is 0 Å². The number of carboxylic acids is 1. The van der Waals surface area contributed by atoms with Gasteiger partial charge in [0.15, 0.2) is 0 Å². The van der Waals surface area contributed by atoms with E-state index in [0.29, 0.717) is 28.3 Å². The van der Waals surface area contributed by atoms with Crippen molar-refractivity contribution in [2.75, 3.05) is 11.9 Å². The number of furan rings is 1. The maximum atomic E-state index is 12.4. The Balaban J connectivity index is 1.99. The summed E-state index contributed by atoms with van der Waals surface area (Å²) in [6.07, 6.45) is 0.0701. The summed E-state index contributed by atoms with van der Waals surface area (Å²) < 4.78 is 5.46. The summed E-state index contributed by atoms with van der Waals surface area (Å²) in [6.45, 7) is 4.98. The van der Waals surface area contributed by atoms with E-state index < -0.39 is 12.5 Å². The van der Waals surface area contributed by atoms with E-state index in [1.54, 1.807) is 31.2 Å². The number of nitrogens with one attached hydrogen (secondary N) is 2. The Kier molecular flexibility index (Phi) is 5.59. The third-order valence-corrected chi connectivity index (χ3v) is 3.80. The van der Waals surface area contributed by atoms with E-state index >= 15 is 0 Å². The number of benzene rings is 1. The highest BCUT2D eigenvalue weighted by Crippen LogP contribution is 2.22. The predicted octanol–water partition coefficient (Wildman–Crippen LogP) is 2.20. The second-order valence-electron chi connectivity index (χ2n) is 5.71. The van der Waals surface area contributed by atoms with Crippen molar-refractivity contribution in [2.45, 2.75) is 27.2 Å². The fraction of sp³-hybridized carbons (Fsp3) is 0.278. The highest BCUT2D eigenvalue weighted by molar-refractivity contribution is 6.06. The van der Waals surface area contributed by atoms with E-state index in [0.717, 1.165) is 5.56 Å². The smallest absolute Gasteiger partial charge is 0.322 e. The van der Waals surface area contributed by atoms with Crippen molar-refractivity contribution in [2.24, 2.45) is 0 Å². The normalized spacial score (nSPS) is 10.4. The second-order valence-corrected chi connectivity index (χ2v) is 5.71. The summed E-state index contributed by atoms with van der Waals surface area (Å²) in [4.78, 5) is 34.4. The quantitative estimate of drug-likeness (QED) is 0.744. The van der Waals surface area contributed by atoms with Crippen molar-refractivity contribution >= 4 is 23.5 Å². The van der Waals surface area contributed by atoms with Crippen molar-refractivity contribution in [3.63, 3.8) is 0 Å². The van der Waals surface area contributed by atoms with Crippen LogP contribution in [0.3, 0.4) is 0 Å². The third kappa shape index (κ3) is 4.69. The Morgan fingerprint density at radius 1 is 1.04 bits per heavy atom. The predicted molar refractivity (Wildman–Crippen MR) is 91.7 cm³/mol. The van der Waals surface area contributed by atoms with Gasteiger partial charge in [0.05, 0.1) is 12.0 Å². The van der Waals surface area contributed by atoms with Crippen LogP contribution in [0.25, 0.3) is 0 Å². The van der Waals surface area contributed by atoms with Gasteiger partial charge in [0.25, 0.3) is 5.91 Å². The number of hydrogen-bond donors (Lipinski definition) is 3. The Morgan fingerprint density at radius 3 is 2.20 bits per heavy atom. The van der Waals surface area contributed by atoms with Gasteiger partial charge in [-0.2, -0.15) is 0 Å². The van der Waals surface area contributed by atoms with E-state index in [9.17, 15) is 14.4 Å². The standard InChI is InChI=1S/C18H20N2O5/c1-10-11(2)25-12(3)17(10)18(24)20-14-6-4-13(5-7-14)8-15(21)19-9-16(22)23/h4-7H,8-9H2,1-3H3,(H,19,21)(H,20,24)(H,22,23). The minimum atomic E-state index is -1.09. The summed E-state index contributed by atoms with van der Waals surface area (Å²) in [7, 11) is 0. The number of anilines is 1. The molecule has 0 bridgehead atoms. The highest BCUT2D eigenvalue weighted by atomic mass is 16.4. The van der Waals surface area contributed by atoms with Gasteiger partial charge in [0, 0.05) is 11.3 Å². The van der Waals surface area contributed by atoms with Crippen molar-refractivity contribution in [3.05, 3.63) is 52.5 Å². The SMILES string of the molecule is Cc1oc(C)c(C(=O)Nc2ccc(CC(=O)NCC(=O)O)cc2)c1C. The maximum Gasteiger partial charge on any atom is 0.322 e. The molecule has 0 atom stereocenters. The third-order valence-electron chi connectivity index (χ3n) is 3.80. The fourth-order valence-electron chi connectivity index (χ4n) is 2.45. The number of aryl methyl sites for hydroxylation is 2. The molecule has 0 unspecified atom stereocenters. The van der Waals surface area contributed by atoms with Crippen LogP contribution in [0.2, 0.25) is 0 Å². The average Bonchev–Trinajstić information content (AvgIpc) is 2.80. The lowest BCUT2D eigenvalue weighted by Gasteiger charge is -2.07. The molecular formula is C18H20N2O5. The molecule has 0 fully saturated rings. The first kappa shape index (κ1) is 18.3. The molecule has 2 amide bonds. The van der Waals surface area contributed by atoms with Crippen LogP contribution in [-0.2, 0) is 16.0 Å². The van der Waals surface area contributed by atoms with Gasteiger partial charge in [-0.3, -0.25) is 14.4 Å². The molecular weight excluding hydrogens is 324 g/mol. The Morgan fingerprint density at radius 2 is 1.68 bits per heavy atom. The van der Waals surface area contributed by atoms with Crippen LogP contribution in [0.5, 0.6) is 0 Å². The fourth-order valence-corrected chi connectivity index (χ4v) is 2.45. The van der Waals surface area contributed by atoms with Crippen LogP contribution in [0.4, 0.5) is 5.69 Å². The minimum absolute atomic E-state index is 0.0701. The van der Waals surface area contributed by atoms with Crippen LogP contribution in [-0.4, -0.2) is 29.4 Å². The number of rotatable bonds is 6. The van der Waals surface area contributed by atoms with Gasteiger partial charge in [-0.25, -0.2) is 0 Å². The molecule has 132 valence electrons. The molecule has 2 rings (SSSR count). The van der Waals surface area contributed by atoms with Crippen molar-refractivity contribution < 1.29 is 23.9 Å². The number of carbonyl (C=O) groups excluding carboxylic acids is 2. The lowest BCUT2D eigenvalue weighted by molar-refractivity contribution is -0.137. The topological polar surface area (TPSA) is 109 Å². The van der Waals surface area contributed by atoms with E-state index in [4.69, 9.17) is 9.52 Å². The van der Waals surface area contributed by atoms with Crippen LogP contribution in [0, 0.1) is 20.8 Å². The number of carbonyl (C=O) groups is 3. The molecule has 25 heavy (non-hydrogen) atoms. The first-order valence-corrected chi connectivity index (χ1v) is 7.73. The molecule has 0 aliphatic rings. The number of aliphatic carboxylic acids is 1. The number of amides is 2. The van der Waals surface area contributed by atoms with Crippen molar-refractivity contribution in [3.8, 4) is 0 Å². The zero-order valence-corrected chi connectivity index (χ0v) is 14.3. The molecule has 1 heterocycles. The molecule has 7 heteroatoms. The first-order chi connectivity index (χ1) is 11.8. The molecule has 1 aromatic heterocycles. The van der Waals surface area contributed by atoms with Gasteiger partial charge in [-0.05, 0) is 38.5 Å². The first-order valence-electron chi connectivity index (χ1n) is 7.73. The van der Waals surface area contributed by atoms with Crippen LogP contribution < -0.4 is 10.6 Å². The van der Waals surface area contributed by atoms with E-state index in [-0.39, 0.29) is 18.2 Å². The van der Waals surface area contributed by atoms with Crippen molar-refractivity contribution in [1.29, 1.82) is 0 Å². The Hall–Kier alpha value is -3.09. The molecule has 0 spiro atoms. The van der Waals surface area contributed by atoms with E-state index in [1.807, 2.05) is 13.8 Å². The zero-order valence-electron chi connectivity index (χ0n) is 14.3. The molecule has 0 saturated heterocycles. The molecule has 0 aliphatic heterocycles. The average molecular weight is 344 g/mol. The lowest BCUT2D eigenvalue weighted by atomic mass is 10.1. The molecule has 0 aliphatic carbocycles. The summed E-state index contributed by atoms with van der Waals surface area (Å²) in [6, 6.07) is 6.79. The van der Waals surface area contributed by atoms with Gasteiger partial charge in [-0.1, -0.05) is 12.1 Å². The molecule has 2 aromatic rings.